The van der Waals surface area contributed by atoms with E-state index in [1.807, 2.05) is 18.2 Å². The van der Waals surface area contributed by atoms with Gasteiger partial charge < -0.3 is 4.74 Å². The van der Waals surface area contributed by atoms with Crippen LogP contribution in [0.3, 0.4) is 0 Å². The molecule has 2 nitrogen and oxygen atoms in total. The van der Waals surface area contributed by atoms with Gasteiger partial charge in [-0.3, -0.25) is 0 Å². The fraction of sp³-hybridized carbons (Fsp3) is 0.696. The zero-order valence-electron chi connectivity index (χ0n) is 16.9. The Morgan fingerprint density at radius 2 is 1.52 bits per heavy atom. The molecule has 1 aromatic carbocycles. The average molecular weight is 347 g/mol. The molecule has 0 aliphatic heterocycles. The summed E-state index contributed by atoms with van der Waals surface area (Å²) in [6, 6.07) is 8.01. The summed E-state index contributed by atoms with van der Waals surface area (Å²) in [5.41, 5.74) is 1.92. The van der Waals surface area contributed by atoms with Gasteiger partial charge in [-0.1, -0.05) is 90.8 Å². The summed E-state index contributed by atoms with van der Waals surface area (Å²) in [6.45, 7) is 9.43. The van der Waals surface area contributed by atoms with Crippen molar-refractivity contribution in [3.05, 3.63) is 35.4 Å². The number of rotatable bonds is 13. The molecule has 1 aromatic rings. The van der Waals surface area contributed by atoms with Crippen LogP contribution in [0.2, 0.25) is 0 Å². The maximum absolute atomic E-state index is 12.6. The molecule has 0 bridgehead atoms. The first-order valence-electron chi connectivity index (χ1n) is 10.4. The van der Waals surface area contributed by atoms with E-state index in [1.54, 1.807) is 0 Å². The molecule has 0 radical (unpaired) electrons. The zero-order valence-corrected chi connectivity index (χ0v) is 16.9. The highest BCUT2D eigenvalue weighted by molar-refractivity contribution is 5.91. The van der Waals surface area contributed by atoms with Gasteiger partial charge in [0.2, 0.25) is 0 Å². The Kier molecular flexibility index (Phi) is 11.3. The molecule has 25 heavy (non-hydrogen) atoms. The molecule has 2 heteroatoms. The van der Waals surface area contributed by atoms with E-state index >= 15 is 0 Å². The Hall–Kier alpha value is -1.31. The predicted octanol–water partition coefficient (Wildman–Crippen LogP) is 6.82. The van der Waals surface area contributed by atoms with Gasteiger partial charge in [0.15, 0.2) is 0 Å². The van der Waals surface area contributed by atoms with E-state index in [4.69, 9.17) is 4.74 Å². The lowest BCUT2D eigenvalue weighted by molar-refractivity contribution is 0.0426. The first-order chi connectivity index (χ1) is 12.2. The van der Waals surface area contributed by atoms with Crippen molar-refractivity contribution in [3.8, 4) is 0 Å². The lowest BCUT2D eigenvalue weighted by atomic mass is 9.90. The van der Waals surface area contributed by atoms with Crippen molar-refractivity contribution >= 4 is 5.97 Å². The van der Waals surface area contributed by atoms with Gasteiger partial charge >= 0.3 is 5.97 Å². The molecule has 0 heterocycles. The Bertz CT molecular complexity index is 481. The third-order valence-electron chi connectivity index (χ3n) is 5.28. The minimum Gasteiger partial charge on any atom is -0.462 e. The second-order valence-electron chi connectivity index (χ2n) is 7.29. The van der Waals surface area contributed by atoms with E-state index in [1.165, 1.54) is 32.1 Å². The summed E-state index contributed by atoms with van der Waals surface area (Å²) in [7, 11) is 0. The monoisotopic (exact) mass is 346 g/mol. The molecule has 0 saturated carbocycles. The van der Waals surface area contributed by atoms with Crippen LogP contribution in [0.5, 0.6) is 0 Å². The van der Waals surface area contributed by atoms with Crippen molar-refractivity contribution < 1.29 is 9.53 Å². The Balaban J connectivity index is 2.69. The summed E-state index contributed by atoms with van der Waals surface area (Å²) in [4.78, 5) is 12.6. The van der Waals surface area contributed by atoms with E-state index in [2.05, 4.69) is 33.8 Å². The van der Waals surface area contributed by atoms with E-state index in [-0.39, 0.29) is 5.97 Å². The van der Waals surface area contributed by atoms with Gasteiger partial charge in [0.1, 0.15) is 0 Å². The van der Waals surface area contributed by atoms with Crippen LogP contribution >= 0.6 is 0 Å². The maximum atomic E-state index is 12.6. The van der Waals surface area contributed by atoms with Gasteiger partial charge in [0.25, 0.3) is 0 Å². The summed E-state index contributed by atoms with van der Waals surface area (Å²) in [6.07, 6.45) is 10.5. The number of benzene rings is 1. The van der Waals surface area contributed by atoms with Crippen LogP contribution in [-0.2, 0) is 11.2 Å². The maximum Gasteiger partial charge on any atom is 0.338 e. The van der Waals surface area contributed by atoms with E-state index in [0.29, 0.717) is 18.4 Å². The summed E-state index contributed by atoms with van der Waals surface area (Å²) >= 11 is 0. The molecule has 0 fully saturated rings. The fourth-order valence-electron chi connectivity index (χ4n) is 3.32. The van der Waals surface area contributed by atoms with Crippen molar-refractivity contribution in [2.75, 3.05) is 6.61 Å². The van der Waals surface area contributed by atoms with Gasteiger partial charge in [-0.2, -0.15) is 0 Å². The van der Waals surface area contributed by atoms with Crippen LogP contribution in [0.25, 0.3) is 0 Å². The normalized spacial score (nSPS) is 13.4. The quantitative estimate of drug-likeness (QED) is 0.366. The highest BCUT2D eigenvalue weighted by Crippen LogP contribution is 2.22. The van der Waals surface area contributed by atoms with Crippen LogP contribution in [0.1, 0.15) is 95.0 Å². The minimum absolute atomic E-state index is 0.143. The van der Waals surface area contributed by atoms with Crippen molar-refractivity contribution in [3.63, 3.8) is 0 Å². The predicted molar refractivity (Wildman–Crippen MR) is 107 cm³/mol. The summed E-state index contributed by atoms with van der Waals surface area (Å²) in [5, 5.41) is 0. The third kappa shape index (κ3) is 8.07. The lowest BCUT2D eigenvalue weighted by Gasteiger charge is -2.18. The van der Waals surface area contributed by atoms with Gasteiger partial charge in [-0.05, 0) is 36.3 Å². The molecule has 2 unspecified atom stereocenters. The van der Waals surface area contributed by atoms with Crippen LogP contribution in [0.4, 0.5) is 0 Å². The SMILES string of the molecule is CCCCC(CC)COC(=O)c1ccccc1CC(CC)CCCC. The van der Waals surface area contributed by atoms with Crippen LogP contribution in [0.15, 0.2) is 24.3 Å². The van der Waals surface area contributed by atoms with Crippen molar-refractivity contribution in [1.82, 2.24) is 0 Å². The number of carbonyl (C=O) groups is 1. The van der Waals surface area contributed by atoms with Crippen molar-refractivity contribution in [2.24, 2.45) is 11.8 Å². The van der Waals surface area contributed by atoms with Gasteiger partial charge in [-0.25, -0.2) is 4.79 Å². The van der Waals surface area contributed by atoms with Crippen LogP contribution < -0.4 is 0 Å². The van der Waals surface area contributed by atoms with Gasteiger partial charge in [0, 0.05) is 0 Å². The largest absolute Gasteiger partial charge is 0.462 e. The number of hydrogen-bond acceptors (Lipinski definition) is 2. The molecule has 0 saturated heterocycles. The second kappa shape index (κ2) is 13.0. The highest BCUT2D eigenvalue weighted by Gasteiger charge is 2.17. The van der Waals surface area contributed by atoms with Crippen molar-refractivity contribution in [2.45, 2.75) is 85.5 Å². The van der Waals surface area contributed by atoms with Crippen LogP contribution in [-0.4, -0.2) is 12.6 Å². The zero-order chi connectivity index (χ0) is 18.5. The first-order valence-corrected chi connectivity index (χ1v) is 10.4. The molecular formula is C23H38O2. The highest BCUT2D eigenvalue weighted by atomic mass is 16.5. The first kappa shape index (κ1) is 21.7. The molecule has 0 spiro atoms. The van der Waals surface area contributed by atoms with E-state index in [0.717, 1.165) is 36.8 Å². The Labute approximate surface area is 155 Å². The number of ether oxygens (including phenoxy) is 1. The molecule has 0 aromatic heterocycles. The van der Waals surface area contributed by atoms with Crippen LogP contribution in [0, 0.1) is 11.8 Å². The molecule has 0 aliphatic rings. The second-order valence-corrected chi connectivity index (χ2v) is 7.29. The molecular weight excluding hydrogens is 308 g/mol. The van der Waals surface area contributed by atoms with Gasteiger partial charge in [0.05, 0.1) is 12.2 Å². The topological polar surface area (TPSA) is 26.3 Å². The molecule has 2 atom stereocenters. The number of hydrogen-bond donors (Lipinski definition) is 0. The molecule has 0 amide bonds. The lowest BCUT2D eigenvalue weighted by Crippen LogP contribution is -2.16. The number of esters is 1. The van der Waals surface area contributed by atoms with Gasteiger partial charge in [-0.15, -0.1) is 0 Å². The molecule has 0 N–H and O–H groups in total. The molecule has 142 valence electrons. The summed E-state index contributed by atoms with van der Waals surface area (Å²) in [5.74, 6) is 1.00. The summed E-state index contributed by atoms with van der Waals surface area (Å²) < 4.78 is 5.68. The minimum atomic E-state index is -0.143. The third-order valence-corrected chi connectivity index (χ3v) is 5.28. The van der Waals surface area contributed by atoms with Crippen molar-refractivity contribution in [1.29, 1.82) is 0 Å². The molecule has 1 rings (SSSR count). The standard InChI is InChI=1S/C23H38O2/c1-5-9-13-19(7-3)17-21-15-11-12-16-22(21)23(24)25-18-20(8-4)14-10-6-2/h11-12,15-16,19-20H,5-10,13-14,17-18H2,1-4H3. The average Bonchev–Trinajstić information content (AvgIpc) is 2.65. The van der Waals surface area contributed by atoms with E-state index < -0.39 is 0 Å². The van der Waals surface area contributed by atoms with E-state index in [9.17, 15) is 4.79 Å². The smallest absolute Gasteiger partial charge is 0.338 e. The Morgan fingerprint density at radius 1 is 0.920 bits per heavy atom. The molecule has 0 aliphatic carbocycles. The Morgan fingerprint density at radius 3 is 2.12 bits per heavy atom. The number of carbonyl (C=O) groups excluding carboxylic acids is 1. The number of unbranched alkanes of at least 4 members (excludes halogenated alkanes) is 2. The fourth-order valence-corrected chi connectivity index (χ4v) is 3.32.